The van der Waals surface area contributed by atoms with Crippen LogP contribution >= 0.6 is 11.6 Å². The van der Waals surface area contributed by atoms with E-state index in [1.165, 1.54) is 0 Å². The molecule has 120 valence electrons. The number of nitrogens with zero attached hydrogens (tertiary/aromatic N) is 1. The first-order valence-corrected chi connectivity index (χ1v) is 7.77. The molecular weight excluding hydrogens is 300 g/mol. The lowest BCUT2D eigenvalue weighted by molar-refractivity contribution is -0.128. The highest BCUT2D eigenvalue weighted by Gasteiger charge is 2.52. The highest BCUT2D eigenvalue weighted by atomic mass is 35.5. The quantitative estimate of drug-likeness (QED) is 0.803. The molecule has 1 aliphatic heterocycles. The molecule has 1 amide bonds. The van der Waals surface area contributed by atoms with Crippen molar-refractivity contribution in [1.82, 2.24) is 4.90 Å². The van der Waals surface area contributed by atoms with E-state index in [9.17, 15) is 4.79 Å². The van der Waals surface area contributed by atoms with E-state index in [1.807, 2.05) is 45.9 Å². The molecule has 1 fully saturated rings. The van der Waals surface area contributed by atoms with Crippen molar-refractivity contribution in [2.45, 2.75) is 52.4 Å². The molecule has 0 saturated carbocycles. The van der Waals surface area contributed by atoms with Gasteiger partial charge in [0.25, 0.3) is 0 Å². The first-order valence-electron chi connectivity index (χ1n) is 7.39. The molecule has 4 nitrogen and oxygen atoms in total. The first-order chi connectivity index (χ1) is 10.0. The van der Waals surface area contributed by atoms with Crippen molar-refractivity contribution >= 4 is 30.1 Å². The average molecular weight is 324 g/mol. The topological polar surface area (TPSA) is 38.8 Å². The molecule has 0 spiro atoms. The number of benzene rings is 1. The fourth-order valence-corrected chi connectivity index (χ4v) is 2.51. The molecule has 1 aromatic rings. The van der Waals surface area contributed by atoms with Crippen LogP contribution in [0.2, 0.25) is 5.02 Å². The minimum absolute atomic E-state index is 0.0196. The van der Waals surface area contributed by atoms with Crippen molar-refractivity contribution in [3.63, 3.8) is 0 Å². The van der Waals surface area contributed by atoms with Gasteiger partial charge in [-0.3, -0.25) is 4.79 Å². The zero-order valence-corrected chi connectivity index (χ0v) is 14.8. The summed E-state index contributed by atoms with van der Waals surface area (Å²) < 4.78 is 12.0. The Morgan fingerprint density at radius 1 is 1.23 bits per heavy atom. The van der Waals surface area contributed by atoms with Crippen LogP contribution in [-0.2, 0) is 20.6 Å². The molecule has 0 bridgehead atoms. The van der Waals surface area contributed by atoms with Crippen molar-refractivity contribution in [3.05, 3.63) is 28.8 Å². The third-order valence-electron chi connectivity index (χ3n) is 4.53. The van der Waals surface area contributed by atoms with Crippen LogP contribution in [0.1, 0.15) is 40.2 Å². The van der Waals surface area contributed by atoms with Gasteiger partial charge in [-0.15, -0.1) is 0 Å². The molecule has 1 aromatic carbocycles. The zero-order chi connectivity index (χ0) is 16.7. The number of carbonyl (C=O) groups is 1. The Balaban J connectivity index is 2.19. The minimum atomic E-state index is -0.475. The summed E-state index contributed by atoms with van der Waals surface area (Å²) in [7, 11) is 1.29. The SMILES string of the molecule is CC(=O)N(C)Cc1ccc(B2OC(C)(C)C(C)(C)O2)c(Cl)c1. The Hall–Kier alpha value is -1.04. The fraction of sp³-hybridized carbons (Fsp3) is 0.562. The largest absolute Gasteiger partial charge is 0.496 e. The highest BCUT2D eigenvalue weighted by molar-refractivity contribution is 6.65. The molecule has 0 unspecified atom stereocenters. The normalized spacial score (nSPS) is 19.3. The van der Waals surface area contributed by atoms with Crippen LogP contribution in [0.5, 0.6) is 0 Å². The van der Waals surface area contributed by atoms with Crippen molar-refractivity contribution < 1.29 is 14.1 Å². The van der Waals surface area contributed by atoms with Crippen molar-refractivity contribution in [2.75, 3.05) is 7.05 Å². The molecule has 2 rings (SSSR count). The third-order valence-corrected chi connectivity index (χ3v) is 4.86. The third kappa shape index (κ3) is 3.32. The lowest BCUT2D eigenvalue weighted by atomic mass is 9.78. The van der Waals surface area contributed by atoms with Crippen LogP contribution in [-0.4, -0.2) is 36.2 Å². The summed E-state index contributed by atoms with van der Waals surface area (Å²) in [4.78, 5) is 12.9. The van der Waals surface area contributed by atoms with Crippen molar-refractivity contribution in [2.24, 2.45) is 0 Å². The first kappa shape index (κ1) is 17.3. The van der Waals surface area contributed by atoms with Gasteiger partial charge in [-0.1, -0.05) is 23.7 Å². The van der Waals surface area contributed by atoms with Gasteiger partial charge in [0.2, 0.25) is 5.91 Å². The fourth-order valence-electron chi connectivity index (χ4n) is 2.22. The summed E-state index contributed by atoms with van der Waals surface area (Å²) in [5.74, 6) is 0.0196. The number of carbonyl (C=O) groups excluding carboxylic acids is 1. The van der Waals surface area contributed by atoms with E-state index < -0.39 is 18.3 Å². The van der Waals surface area contributed by atoms with Crippen molar-refractivity contribution in [3.8, 4) is 0 Å². The second-order valence-corrected chi connectivity index (χ2v) is 7.23. The standard InChI is InChI=1S/C16H23BClNO3/c1-11(20)19(6)10-12-7-8-13(14(18)9-12)17-21-15(2,3)16(4,5)22-17/h7-9H,10H2,1-6H3. The Morgan fingerprint density at radius 3 is 2.23 bits per heavy atom. The number of halogens is 1. The van der Waals surface area contributed by atoms with Crippen LogP contribution in [0.25, 0.3) is 0 Å². The second kappa shape index (κ2) is 5.87. The summed E-state index contributed by atoms with van der Waals surface area (Å²) in [6, 6.07) is 5.72. The van der Waals surface area contributed by atoms with E-state index in [-0.39, 0.29) is 5.91 Å². The summed E-state index contributed by atoms with van der Waals surface area (Å²) >= 11 is 6.40. The molecule has 0 aliphatic carbocycles. The predicted octanol–water partition coefficient (Wildman–Crippen LogP) is 2.62. The van der Waals surface area contributed by atoms with Gasteiger partial charge in [-0.2, -0.15) is 0 Å². The molecular formula is C16H23BClNO3. The van der Waals surface area contributed by atoms with E-state index >= 15 is 0 Å². The van der Waals surface area contributed by atoms with Crippen LogP contribution in [0, 0.1) is 0 Å². The smallest absolute Gasteiger partial charge is 0.399 e. The zero-order valence-electron chi connectivity index (χ0n) is 14.1. The number of hydrogen-bond acceptors (Lipinski definition) is 3. The predicted molar refractivity (Wildman–Crippen MR) is 89.3 cm³/mol. The van der Waals surface area contributed by atoms with Crippen LogP contribution in [0.15, 0.2) is 18.2 Å². The van der Waals surface area contributed by atoms with Gasteiger partial charge >= 0.3 is 7.12 Å². The molecule has 22 heavy (non-hydrogen) atoms. The second-order valence-electron chi connectivity index (χ2n) is 6.82. The molecule has 0 N–H and O–H groups in total. The van der Waals surface area contributed by atoms with Gasteiger partial charge in [0.1, 0.15) is 0 Å². The maximum Gasteiger partial charge on any atom is 0.496 e. The minimum Gasteiger partial charge on any atom is -0.399 e. The van der Waals surface area contributed by atoms with E-state index in [0.717, 1.165) is 11.0 Å². The van der Waals surface area contributed by atoms with E-state index in [1.54, 1.807) is 18.9 Å². The maximum atomic E-state index is 11.3. The van der Waals surface area contributed by atoms with Gasteiger partial charge < -0.3 is 14.2 Å². The molecule has 1 heterocycles. The molecule has 0 aromatic heterocycles. The Morgan fingerprint density at radius 2 is 1.77 bits per heavy atom. The van der Waals surface area contributed by atoms with E-state index in [2.05, 4.69) is 0 Å². The van der Waals surface area contributed by atoms with E-state index in [4.69, 9.17) is 20.9 Å². The Bertz CT molecular complexity index is 573. The lowest BCUT2D eigenvalue weighted by Crippen LogP contribution is -2.41. The van der Waals surface area contributed by atoms with Gasteiger partial charge in [0.15, 0.2) is 0 Å². The molecule has 1 saturated heterocycles. The van der Waals surface area contributed by atoms with E-state index in [0.29, 0.717) is 11.6 Å². The maximum absolute atomic E-state index is 11.3. The molecule has 6 heteroatoms. The summed E-state index contributed by atoms with van der Waals surface area (Å²) in [5, 5.41) is 0.591. The number of rotatable bonds is 3. The van der Waals surface area contributed by atoms with Crippen molar-refractivity contribution in [1.29, 1.82) is 0 Å². The average Bonchev–Trinajstić information content (AvgIpc) is 2.58. The van der Waals surface area contributed by atoms with Gasteiger partial charge in [-0.05, 0) is 39.3 Å². The Labute approximate surface area is 137 Å². The monoisotopic (exact) mass is 323 g/mol. The molecule has 1 aliphatic rings. The molecule has 0 radical (unpaired) electrons. The summed E-state index contributed by atoms with van der Waals surface area (Å²) in [6.07, 6.45) is 0. The van der Waals surface area contributed by atoms with Gasteiger partial charge in [0.05, 0.1) is 11.2 Å². The molecule has 0 atom stereocenters. The lowest BCUT2D eigenvalue weighted by Gasteiger charge is -2.32. The summed E-state index contributed by atoms with van der Waals surface area (Å²) in [5.41, 5.74) is 1.00. The Kier molecular flexibility index (Phi) is 4.62. The van der Waals surface area contributed by atoms with Crippen LogP contribution in [0.3, 0.4) is 0 Å². The number of amides is 1. The van der Waals surface area contributed by atoms with Gasteiger partial charge in [0, 0.05) is 31.0 Å². The van der Waals surface area contributed by atoms with Crippen LogP contribution in [0.4, 0.5) is 0 Å². The summed E-state index contributed by atoms with van der Waals surface area (Å²) in [6.45, 7) is 10.1. The van der Waals surface area contributed by atoms with Crippen LogP contribution < -0.4 is 5.46 Å². The van der Waals surface area contributed by atoms with Gasteiger partial charge in [-0.25, -0.2) is 0 Å². The highest BCUT2D eigenvalue weighted by Crippen LogP contribution is 2.37. The number of hydrogen-bond donors (Lipinski definition) is 0.